The minimum absolute atomic E-state index is 0.0232. The van der Waals surface area contributed by atoms with E-state index in [9.17, 15) is 4.79 Å². The molecule has 2 heterocycles. The smallest absolute Gasteiger partial charge is 0.249 e. The van der Waals surface area contributed by atoms with Crippen molar-refractivity contribution in [3.63, 3.8) is 0 Å². The van der Waals surface area contributed by atoms with Crippen LogP contribution in [0.15, 0.2) is 57.3 Å². The number of hydrogen-bond acceptors (Lipinski definition) is 7. The third-order valence-electron chi connectivity index (χ3n) is 4.86. The second kappa shape index (κ2) is 10.5. The fourth-order valence-corrected chi connectivity index (χ4v) is 5.50. The lowest BCUT2D eigenvalue weighted by Crippen LogP contribution is -2.36. The number of para-hydroxylation sites is 1. The summed E-state index contributed by atoms with van der Waals surface area (Å²) in [7, 11) is 0. The zero-order valence-electron chi connectivity index (χ0n) is 17.8. The number of fused-ring (bicyclic) bond motifs is 1. The van der Waals surface area contributed by atoms with Gasteiger partial charge in [-0.05, 0) is 44.5 Å². The SMILES string of the molecule is CC(C)N(Cc1nnc(-c2ccccc2Cl)o1)C(=O)CCCSc1nc2ccccc2s1. The molecule has 1 amide bonds. The van der Waals surface area contributed by atoms with Gasteiger partial charge < -0.3 is 9.32 Å². The molecule has 4 rings (SSSR count). The van der Waals surface area contributed by atoms with E-state index in [1.54, 1.807) is 34.1 Å². The van der Waals surface area contributed by atoms with Gasteiger partial charge in [0.25, 0.3) is 0 Å². The molecule has 0 N–H and O–H groups in total. The van der Waals surface area contributed by atoms with Crippen molar-refractivity contribution in [3.05, 3.63) is 59.4 Å². The van der Waals surface area contributed by atoms with Gasteiger partial charge in [0.05, 0.1) is 27.3 Å². The van der Waals surface area contributed by atoms with Crippen molar-refractivity contribution in [2.45, 2.75) is 43.6 Å². The summed E-state index contributed by atoms with van der Waals surface area (Å²) >= 11 is 9.60. The lowest BCUT2D eigenvalue weighted by molar-refractivity contribution is -0.133. The predicted octanol–water partition coefficient (Wildman–Crippen LogP) is 6.31. The van der Waals surface area contributed by atoms with Crippen LogP contribution < -0.4 is 0 Å². The Labute approximate surface area is 200 Å². The fraction of sp³-hybridized carbons (Fsp3) is 0.304. The Kier molecular flexibility index (Phi) is 7.44. The molecule has 0 radical (unpaired) electrons. The third-order valence-corrected chi connectivity index (χ3v) is 7.45. The van der Waals surface area contributed by atoms with Gasteiger partial charge in [-0.25, -0.2) is 4.98 Å². The number of rotatable bonds is 9. The van der Waals surface area contributed by atoms with Crippen molar-refractivity contribution in [1.29, 1.82) is 0 Å². The molecule has 0 saturated heterocycles. The normalized spacial score (nSPS) is 11.4. The largest absolute Gasteiger partial charge is 0.419 e. The summed E-state index contributed by atoms with van der Waals surface area (Å²) in [6.07, 6.45) is 1.24. The van der Waals surface area contributed by atoms with Gasteiger partial charge >= 0.3 is 0 Å². The van der Waals surface area contributed by atoms with Crippen LogP contribution in [0, 0.1) is 0 Å². The number of thiazole rings is 1. The molecule has 0 aliphatic rings. The van der Waals surface area contributed by atoms with Crippen molar-refractivity contribution in [2.75, 3.05) is 5.75 Å². The maximum Gasteiger partial charge on any atom is 0.249 e. The number of benzene rings is 2. The van der Waals surface area contributed by atoms with Gasteiger partial charge in [0, 0.05) is 18.2 Å². The summed E-state index contributed by atoms with van der Waals surface area (Å²) in [6.45, 7) is 4.25. The average Bonchev–Trinajstić information content (AvgIpc) is 3.41. The lowest BCUT2D eigenvalue weighted by Gasteiger charge is -2.25. The maximum atomic E-state index is 12.9. The molecule has 0 aliphatic carbocycles. The van der Waals surface area contributed by atoms with Crippen LogP contribution in [0.2, 0.25) is 5.02 Å². The second-order valence-electron chi connectivity index (χ2n) is 7.50. The van der Waals surface area contributed by atoms with Gasteiger partial charge in [-0.15, -0.1) is 21.5 Å². The molecule has 0 saturated carbocycles. The summed E-state index contributed by atoms with van der Waals surface area (Å²) in [5.41, 5.74) is 1.71. The number of thioether (sulfide) groups is 1. The quantitative estimate of drug-likeness (QED) is 0.204. The van der Waals surface area contributed by atoms with Crippen LogP contribution in [0.4, 0.5) is 0 Å². The Morgan fingerprint density at radius 3 is 2.72 bits per heavy atom. The highest BCUT2D eigenvalue weighted by molar-refractivity contribution is 8.01. The zero-order chi connectivity index (χ0) is 22.5. The summed E-state index contributed by atoms with van der Waals surface area (Å²) < 4.78 is 8.01. The van der Waals surface area contributed by atoms with Gasteiger partial charge in [0.2, 0.25) is 17.7 Å². The molecule has 166 valence electrons. The van der Waals surface area contributed by atoms with Crippen LogP contribution in [-0.2, 0) is 11.3 Å². The van der Waals surface area contributed by atoms with E-state index in [1.807, 2.05) is 50.2 Å². The van der Waals surface area contributed by atoms with Gasteiger partial charge in [-0.3, -0.25) is 4.79 Å². The molecule has 9 heteroatoms. The predicted molar refractivity (Wildman–Crippen MR) is 130 cm³/mol. The molecule has 6 nitrogen and oxygen atoms in total. The highest BCUT2D eigenvalue weighted by Crippen LogP contribution is 2.30. The Morgan fingerprint density at radius 1 is 1.16 bits per heavy atom. The van der Waals surface area contributed by atoms with E-state index >= 15 is 0 Å². The number of halogens is 1. The minimum Gasteiger partial charge on any atom is -0.419 e. The molecule has 32 heavy (non-hydrogen) atoms. The van der Waals surface area contributed by atoms with Crippen molar-refractivity contribution >= 4 is 50.8 Å². The number of carbonyl (C=O) groups is 1. The van der Waals surface area contributed by atoms with Gasteiger partial charge in [0.15, 0.2) is 4.34 Å². The topological polar surface area (TPSA) is 72.1 Å². The zero-order valence-corrected chi connectivity index (χ0v) is 20.2. The summed E-state index contributed by atoms with van der Waals surface area (Å²) in [6, 6.07) is 15.5. The lowest BCUT2D eigenvalue weighted by atomic mass is 10.2. The number of hydrogen-bond donors (Lipinski definition) is 0. The highest BCUT2D eigenvalue weighted by Gasteiger charge is 2.21. The number of nitrogens with zero attached hydrogens (tertiary/aromatic N) is 4. The van der Waals surface area contributed by atoms with E-state index in [1.165, 1.54) is 4.70 Å². The summed E-state index contributed by atoms with van der Waals surface area (Å²) in [4.78, 5) is 19.3. The summed E-state index contributed by atoms with van der Waals surface area (Å²) in [5.74, 6) is 1.66. The number of amides is 1. The highest BCUT2D eigenvalue weighted by atomic mass is 35.5. The monoisotopic (exact) mass is 486 g/mol. The molecule has 0 spiro atoms. The third kappa shape index (κ3) is 5.49. The van der Waals surface area contributed by atoms with Gasteiger partial charge in [-0.2, -0.15) is 0 Å². The van der Waals surface area contributed by atoms with Crippen LogP contribution in [-0.4, -0.2) is 37.8 Å². The van der Waals surface area contributed by atoms with E-state index in [-0.39, 0.29) is 18.5 Å². The molecule has 0 unspecified atom stereocenters. The van der Waals surface area contributed by atoms with E-state index in [0.29, 0.717) is 28.8 Å². The van der Waals surface area contributed by atoms with E-state index in [4.69, 9.17) is 16.0 Å². The molecule has 0 bridgehead atoms. The molecule has 4 aromatic rings. The number of aromatic nitrogens is 3. The van der Waals surface area contributed by atoms with Crippen molar-refractivity contribution in [1.82, 2.24) is 20.1 Å². The molecule has 0 fully saturated rings. The molecular weight excluding hydrogens is 464 g/mol. The Bertz CT molecular complexity index is 1170. The van der Waals surface area contributed by atoms with E-state index in [2.05, 4.69) is 21.2 Å². The van der Waals surface area contributed by atoms with Crippen LogP contribution in [0.25, 0.3) is 21.7 Å². The minimum atomic E-state index is 0.0232. The van der Waals surface area contributed by atoms with Crippen LogP contribution in [0.1, 0.15) is 32.6 Å². The Morgan fingerprint density at radius 2 is 1.94 bits per heavy atom. The van der Waals surface area contributed by atoms with Gasteiger partial charge in [0.1, 0.15) is 0 Å². The molecular formula is C23H23ClN4O2S2. The number of carbonyl (C=O) groups excluding carboxylic acids is 1. The standard InChI is InChI=1S/C23H23ClN4O2S2/c1-15(2)28(14-20-26-27-22(30-20)16-8-3-4-9-17(16)24)21(29)12-7-13-31-23-25-18-10-5-6-11-19(18)32-23/h3-6,8-11,15H,7,12-14H2,1-2H3. The first-order valence-electron chi connectivity index (χ1n) is 10.4. The van der Waals surface area contributed by atoms with Crippen molar-refractivity contribution in [3.8, 4) is 11.5 Å². The van der Waals surface area contributed by atoms with E-state index < -0.39 is 0 Å². The average molecular weight is 487 g/mol. The first-order chi connectivity index (χ1) is 15.5. The maximum absolute atomic E-state index is 12.9. The second-order valence-corrected chi connectivity index (χ2v) is 10.3. The van der Waals surface area contributed by atoms with Crippen molar-refractivity contribution < 1.29 is 9.21 Å². The van der Waals surface area contributed by atoms with Crippen LogP contribution in [0.3, 0.4) is 0 Å². The van der Waals surface area contributed by atoms with E-state index in [0.717, 1.165) is 22.0 Å². The Balaban J connectivity index is 1.31. The van der Waals surface area contributed by atoms with Crippen LogP contribution >= 0.6 is 34.7 Å². The van der Waals surface area contributed by atoms with Crippen molar-refractivity contribution in [2.24, 2.45) is 0 Å². The summed E-state index contributed by atoms with van der Waals surface area (Å²) in [5, 5.41) is 8.76. The molecule has 2 aromatic carbocycles. The Hall–Kier alpha value is -2.42. The van der Waals surface area contributed by atoms with Crippen LogP contribution in [0.5, 0.6) is 0 Å². The molecule has 0 atom stereocenters. The van der Waals surface area contributed by atoms with Gasteiger partial charge in [-0.1, -0.05) is 47.6 Å². The first-order valence-corrected chi connectivity index (χ1v) is 12.5. The first kappa shape index (κ1) is 22.8. The molecule has 0 aliphatic heterocycles. The fourth-order valence-electron chi connectivity index (χ4n) is 3.20. The molecule has 2 aromatic heterocycles.